The molecule has 0 saturated carbocycles. The summed E-state index contributed by atoms with van der Waals surface area (Å²) in [5.41, 5.74) is 1.39. The summed E-state index contributed by atoms with van der Waals surface area (Å²) in [4.78, 5) is 11.2. The quantitative estimate of drug-likeness (QED) is 0.637. The summed E-state index contributed by atoms with van der Waals surface area (Å²) < 4.78 is 0. The van der Waals surface area contributed by atoms with Crippen molar-refractivity contribution in [2.75, 3.05) is 0 Å². The van der Waals surface area contributed by atoms with Crippen LogP contribution in [0.25, 0.3) is 0 Å². The molecule has 0 radical (unpaired) electrons. The molecule has 0 atom stereocenters. The number of allylic oxidation sites excluding steroid dienone is 1. The lowest BCUT2D eigenvalue weighted by molar-refractivity contribution is -0.116. The first kappa shape index (κ1) is 14.4. The number of Topliss-reactive ketones (excluding diaryl/α,β-unsaturated/α-hetero) is 1. The number of ketones is 1. The summed E-state index contributed by atoms with van der Waals surface area (Å²) in [5.74, 6) is 0.576. The first-order valence-corrected chi connectivity index (χ1v) is 5.63. The van der Waals surface area contributed by atoms with E-state index in [1.54, 1.807) is 6.92 Å². The van der Waals surface area contributed by atoms with Crippen LogP contribution in [0.15, 0.2) is 12.2 Å². The van der Waals surface area contributed by atoms with Gasteiger partial charge in [-0.25, -0.2) is 0 Å². The number of rotatable bonds is 3. The summed E-state index contributed by atoms with van der Waals surface area (Å²) in [5, 5.41) is 0. The topological polar surface area (TPSA) is 17.1 Å². The highest BCUT2D eigenvalue weighted by atomic mass is 16.1. The van der Waals surface area contributed by atoms with E-state index in [4.69, 9.17) is 0 Å². The molecule has 0 aromatic carbocycles. The molecule has 0 amide bonds. The second-order valence-corrected chi connectivity index (χ2v) is 6.70. The third-order valence-electron chi connectivity index (χ3n) is 2.62. The van der Waals surface area contributed by atoms with Gasteiger partial charge < -0.3 is 0 Å². The fourth-order valence-electron chi connectivity index (χ4n) is 2.95. The maximum atomic E-state index is 11.2. The average molecular weight is 210 g/mol. The van der Waals surface area contributed by atoms with Crippen LogP contribution in [0.4, 0.5) is 0 Å². The molecular formula is C14H26O. The Morgan fingerprint density at radius 1 is 1.07 bits per heavy atom. The molecule has 0 aliphatic rings. The molecule has 88 valence electrons. The van der Waals surface area contributed by atoms with Gasteiger partial charge in [0.1, 0.15) is 5.78 Å². The van der Waals surface area contributed by atoms with E-state index in [2.05, 4.69) is 48.1 Å². The van der Waals surface area contributed by atoms with Crippen LogP contribution in [0, 0.1) is 16.7 Å². The lowest BCUT2D eigenvalue weighted by atomic mass is 9.63. The van der Waals surface area contributed by atoms with E-state index < -0.39 is 0 Å². The zero-order valence-corrected chi connectivity index (χ0v) is 11.4. The molecule has 0 unspecified atom stereocenters. The van der Waals surface area contributed by atoms with Gasteiger partial charge in [0.15, 0.2) is 0 Å². The highest BCUT2D eigenvalue weighted by molar-refractivity contribution is 5.78. The third kappa shape index (κ3) is 4.63. The van der Waals surface area contributed by atoms with Gasteiger partial charge in [0.2, 0.25) is 0 Å². The lowest BCUT2D eigenvalue weighted by Gasteiger charge is -2.42. The minimum absolute atomic E-state index is 0.158. The Morgan fingerprint density at radius 2 is 1.40 bits per heavy atom. The van der Waals surface area contributed by atoms with Crippen LogP contribution in [-0.4, -0.2) is 5.78 Å². The van der Waals surface area contributed by atoms with Gasteiger partial charge >= 0.3 is 0 Å². The number of carbonyl (C=O) groups is 1. The molecular weight excluding hydrogens is 184 g/mol. The second-order valence-electron chi connectivity index (χ2n) is 6.70. The van der Waals surface area contributed by atoms with Crippen molar-refractivity contribution in [1.82, 2.24) is 0 Å². The molecule has 1 nitrogen and oxygen atoms in total. The van der Waals surface area contributed by atoms with E-state index in [-0.39, 0.29) is 16.6 Å². The number of hydrogen-bond acceptors (Lipinski definition) is 1. The summed E-state index contributed by atoms with van der Waals surface area (Å²) >= 11 is 0. The van der Waals surface area contributed by atoms with Gasteiger partial charge in [0, 0.05) is 6.42 Å². The maximum absolute atomic E-state index is 11.2. The average Bonchev–Trinajstić information content (AvgIpc) is 1.74. The van der Waals surface area contributed by atoms with Crippen molar-refractivity contribution in [3.05, 3.63) is 12.2 Å². The SMILES string of the molecule is C=C(CC(C)=O)C(C(C)(C)C)C(C)(C)C. The molecule has 0 spiro atoms. The number of carbonyl (C=O) groups excluding carboxylic acids is 1. The fourth-order valence-corrected chi connectivity index (χ4v) is 2.95. The van der Waals surface area contributed by atoms with Gasteiger partial charge in [0.05, 0.1) is 0 Å². The van der Waals surface area contributed by atoms with Crippen LogP contribution in [0.2, 0.25) is 0 Å². The highest BCUT2D eigenvalue weighted by Gasteiger charge is 2.36. The standard InChI is InChI=1S/C14H26O/c1-10(9-11(2)15)12(13(3,4)5)14(6,7)8/h12H,1,9H2,2-8H3. The highest BCUT2D eigenvalue weighted by Crippen LogP contribution is 2.44. The fraction of sp³-hybridized carbons (Fsp3) is 0.786. The van der Waals surface area contributed by atoms with Crippen molar-refractivity contribution < 1.29 is 4.79 Å². The molecule has 0 N–H and O–H groups in total. The molecule has 0 rings (SSSR count). The molecule has 1 heteroatoms. The van der Waals surface area contributed by atoms with Gasteiger partial charge in [-0.2, -0.15) is 0 Å². The normalized spacial score (nSPS) is 13.1. The Hall–Kier alpha value is -0.590. The molecule has 0 aromatic heterocycles. The van der Waals surface area contributed by atoms with E-state index >= 15 is 0 Å². The van der Waals surface area contributed by atoms with Crippen molar-refractivity contribution in [2.24, 2.45) is 16.7 Å². The third-order valence-corrected chi connectivity index (χ3v) is 2.62. The van der Waals surface area contributed by atoms with Crippen molar-refractivity contribution in [3.63, 3.8) is 0 Å². The van der Waals surface area contributed by atoms with Crippen LogP contribution in [-0.2, 0) is 4.79 Å². The summed E-state index contributed by atoms with van der Waals surface area (Å²) in [6, 6.07) is 0. The van der Waals surface area contributed by atoms with Crippen molar-refractivity contribution in [3.8, 4) is 0 Å². The molecule has 0 aliphatic heterocycles. The minimum atomic E-state index is 0.158. The maximum Gasteiger partial charge on any atom is 0.133 e. The van der Waals surface area contributed by atoms with Gasteiger partial charge in [0.25, 0.3) is 0 Å². The molecule has 0 fully saturated rings. The molecule has 0 heterocycles. The Bertz CT molecular complexity index is 233. The van der Waals surface area contributed by atoms with Crippen molar-refractivity contribution in [1.29, 1.82) is 0 Å². The molecule has 0 aliphatic carbocycles. The Morgan fingerprint density at radius 3 is 1.60 bits per heavy atom. The molecule has 15 heavy (non-hydrogen) atoms. The van der Waals surface area contributed by atoms with Crippen molar-refractivity contribution in [2.45, 2.75) is 54.9 Å². The monoisotopic (exact) mass is 210 g/mol. The minimum Gasteiger partial charge on any atom is -0.300 e. The van der Waals surface area contributed by atoms with E-state index in [0.29, 0.717) is 12.3 Å². The summed E-state index contributed by atoms with van der Waals surface area (Å²) in [6.45, 7) is 19.0. The Labute approximate surface area is 95.0 Å². The molecule has 0 saturated heterocycles. The smallest absolute Gasteiger partial charge is 0.133 e. The Balaban J connectivity index is 4.98. The Kier molecular flexibility index (Phi) is 4.33. The predicted molar refractivity (Wildman–Crippen MR) is 66.8 cm³/mol. The lowest BCUT2D eigenvalue weighted by Crippen LogP contribution is -2.34. The van der Waals surface area contributed by atoms with E-state index in [1.165, 1.54) is 0 Å². The van der Waals surface area contributed by atoms with Gasteiger partial charge in [-0.3, -0.25) is 4.79 Å². The molecule has 0 bridgehead atoms. The van der Waals surface area contributed by atoms with E-state index in [9.17, 15) is 4.79 Å². The van der Waals surface area contributed by atoms with Crippen LogP contribution in [0.1, 0.15) is 54.9 Å². The largest absolute Gasteiger partial charge is 0.300 e. The first-order valence-electron chi connectivity index (χ1n) is 5.63. The van der Waals surface area contributed by atoms with Crippen LogP contribution in [0.3, 0.4) is 0 Å². The summed E-state index contributed by atoms with van der Waals surface area (Å²) in [6.07, 6.45) is 0.513. The second kappa shape index (κ2) is 4.51. The zero-order chi connectivity index (χ0) is 12.4. The van der Waals surface area contributed by atoms with Gasteiger partial charge in [-0.15, -0.1) is 0 Å². The first-order chi connectivity index (χ1) is 6.46. The molecule has 0 aromatic rings. The number of hydrogen-bond donors (Lipinski definition) is 0. The summed E-state index contributed by atoms with van der Waals surface area (Å²) in [7, 11) is 0. The van der Waals surface area contributed by atoms with Crippen LogP contribution >= 0.6 is 0 Å². The van der Waals surface area contributed by atoms with Crippen molar-refractivity contribution >= 4 is 5.78 Å². The zero-order valence-electron chi connectivity index (χ0n) is 11.4. The van der Waals surface area contributed by atoms with Crippen LogP contribution < -0.4 is 0 Å². The van der Waals surface area contributed by atoms with Gasteiger partial charge in [-0.05, 0) is 23.7 Å². The predicted octanol–water partition coefficient (Wildman–Crippen LogP) is 4.23. The van der Waals surface area contributed by atoms with Gasteiger partial charge in [-0.1, -0.05) is 53.7 Å². The van der Waals surface area contributed by atoms with E-state index in [0.717, 1.165) is 5.57 Å². The van der Waals surface area contributed by atoms with E-state index in [1.807, 2.05) is 0 Å². The van der Waals surface area contributed by atoms with Crippen LogP contribution in [0.5, 0.6) is 0 Å².